The van der Waals surface area contributed by atoms with E-state index >= 15 is 0 Å². The Morgan fingerprint density at radius 2 is 2.22 bits per heavy atom. The van der Waals surface area contributed by atoms with E-state index in [2.05, 4.69) is 4.72 Å². The van der Waals surface area contributed by atoms with Crippen molar-refractivity contribution >= 4 is 21.4 Å². The summed E-state index contributed by atoms with van der Waals surface area (Å²) in [4.78, 5) is 0.924. The van der Waals surface area contributed by atoms with Crippen LogP contribution in [0.1, 0.15) is 23.6 Å². The molecule has 0 spiro atoms. The van der Waals surface area contributed by atoms with Crippen LogP contribution in [0.2, 0.25) is 0 Å². The normalized spacial score (nSPS) is 13.7. The molecular formula is C11H13NO4S2. The van der Waals surface area contributed by atoms with Gasteiger partial charge in [0.15, 0.2) is 0 Å². The summed E-state index contributed by atoms with van der Waals surface area (Å²) in [5, 5.41) is 10.5. The number of hydrogen-bond donors (Lipinski definition) is 2. The molecule has 0 saturated carbocycles. The molecule has 2 aromatic rings. The van der Waals surface area contributed by atoms with Gasteiger partial charge in [0.05, 0.1) is 6.04 Å². The number of sulfonamides is 1. The highest BCUT2D eigenvalue weighted by atomic mass is 32.2. The summed E-state index contributed by atoms with van der Waals surface area (Å²) in [6.45, 7) is 1.44. The van der Waals surface area contributed by atoms with Gasteiger partial charge in [0.2, 0.25) is 5.09 Å². The molecule has 0 aliphatic heterocycles. The van der Waals surface area contributed by atoms with Gasteiger partial charge in [-0.25, -0.2) is 13.1 Å². The lowest BCUT2D eigenvalue weighted by Crippen LogP contribution is -2.26. The van der Waals surface area contributed by atoms with Crippen molar-refractivity contribution in [1.29, 1.82) is 0 Å². The highest BCUT2D eigenvalue weighted by Crippen LogP contribution is 2.21. The predicted molar refractivity (Wildman–Crippen MR) is 67.7 cm³/mol. The third-order valence-electron chi connectivity index (χ3n) is 2.36. The minimum absolute atomic E-state index is 0.185. The van der Waals surface area contributed by atoms with Crippen molar-refractivity contribution in [3.05, 3.63) is 40.3 Å². The van der Waals surface area contributed by atoms with E-state index in [0.717, 1.165) is 4.88 Å². The van der Waals surface area contributed by atoms with Crippen LogP contribution < -0.4 is 4.72 Å². The molecular weight excluding hydrogens is 274 g/mol. The maximum absolute atomic E-state index is 12.0. The van der Waals surface area contributed by atoms with Gasteiger partial charge in [-0.2, -0.15) is 0 Å². The zero-order valence-electron chi connectivity index (χ0n) is 9.66. The molecule has 18 heavy (non-hydrogen) atoms. The van der Waals surface area contributed by atoms with E-state index in [-0.39, 0.29) is 23.5 Å². The molecule has 98 valence electrons. The molecule has 1 unspecified atom stereocenters. The summed E-state index contributed by atoms with van der Waals surface area (Å²) in [5.41, 5.74) is 0. The summed E-state index contributed by atoms with van der Waals surface area (Å²) < 4.78 is 31.5. The molecule has 0 fully saturated rings. The van der Waals surface area contributed by atoms with Gasteiger partial charge in [-0.05, 0) is 30.5 Å². The smallest absolute Gasteiger partial charge is 0.274 e. The topological polar surface area (TPSA) is 79.5 Å². The summed E-state index contributed by atoms with van der Waals surface area (Å²) in [5.74, 6) is 0.221. The van der Waals surface area contributed by atoms with Gasteiger partial charge in [0.25, 0.3) is 10.0 Å². The number of aliphatic hydroxyl groups excluding tert-OH is 1. The van der Waals surface area contributed by atoms with E-state index in [1.54, 1.807) is 6.92 Å². The molecule has 2 N–H and O–H groups in total. The van der Waals surface area contributed by atoms with Crippen LogP contribution in [-0.2, 0) is 16.6 Å². The summed E-state index contributed by atoms with van der Waals surface area (Å²) in [7, 11) is -3.70. The molecule has 0 radical (unpaired) electrons. The van der Waals surface area contributed by atoms with Crippen LogP contribution in [0.3, 0.4) is 0 Å². The number of furan rings is 1. The molecule has 0 bridgehead atoms. The van der Waals surface area contributed by atoms with E-state index in [4.69, 9.17) is 9.52 Å². The van der Waals surface area contributed by atoms with Crippen LogP contribution in [0.5, 0.6) is 0 Å². The third-order valence-corrected chi connectivity index (χ3v) is 4.83. The van der Waals surface area contributed by atoms with E-state index in [1.807, 2.05) is 17.5 Å². The largest absolute Gasteiger partial charge is 0.446 e. The van der Waals surface area contributed by atoms with Crippen LogP contribution in [0.25, 0.3) is 0 Å². The van der Waals surface area contributed by atoms with Gasteiger partial charge >= 0.3 is 0 Å². The van der Waals surface area contributed by atoms with Crippen LogP contribution in [0, 0.1) is 0 Å². The average Bonchev–Trinajstić information content (AvgIpc) is 3.00. The number of rotatable bonds is 5. The summed E-state index contributed by atoms with van der Waals surface area (Å²) in [6.07, 6.45) is 0. The first-order valence-electron chi connectivity index (χ1n) is 5.28. The van der Waals surface area contributed by atoms with Crippen molar-refractivity contribution < 1.29 is 17.9 Å². The maximum atomic E-state index is 12.0. The second-order valence-corrected chi connectivity index (χ2v) is 6.36. The second-order valence-electron chi connectivity index (χ2n) is 3.74. The molecule has 0 aliphatic rings. The third kappa shape index (κ3) is 2.81. The fourth-order valence-electron chi connectivity index (χ4n) is 1.47. The Labute approximate surface area is 109 Å². The quantitative estimate of drug-likeness (QED) is 0.880. The van der Waals surface area contributed by atoms with Crippen molar-refractivity contribution in [2.24, 2.45) is 0 Å². The van der Waals surface area contributed by atoms with Crippen LogP contribution >= 0.6 is 11.3 Å². The zero-order chi connectivity index (χ0) is 13.2. The standard InChI is InChI=1S/C11H13NO4S2/c1-8(10-3-2-6-17-10)12-18(14,15)11-5-4-9(7-13)16-11/h2-6,8,12-13H,7H2,1H3. The SMILES string of the molecule is CC(NS(=O)(=O)c1ccc(CO)o1)c1cccs1. The molecule has 7 heteroatoms. The van der Waals surface area contributed by atoms with Crippen molar-refractivity contribution in [2.45, 2.75) is 24.7 Å². The number of hydrogen-bond acceptors (Lipinski definition) is 5. The molecule has 0 amide bonds. The van der Waals surface area contributed by atoms with E-state index in [0.29, 0.717) is 0 Å². The van der Waals surface area contributed by atoms with Gasteiger partial charge < -0.3 is 9.52 Å². The maximum Gasteiger partial charge on any atom is 0.274 e. The van der Waals surface area contributed by atoms with Crippen LogP contribution in [-0.4, -0.2) is 13.5 Å². The Morgan fingerprint density at radius 3 is 2.78 bits per heavy atom. The Balaban J connectivity index is 2.17. The predicted octanol–water partition coefficient (Wildman–Crippen LogP) is 1.87. The van der Waals surface area contributed by atoms with Crippen LogP contribution in [0.4, 0.5) is 0 Å². The van der Waals surface area contributed by atoms with Crippen molar-refractivity contribution in [3.63, 3.8) is 0 Å². The number of thiophene rings is 1. The van der Waals surface area contributed by atoms with Gasteiger partial charge in [-0.15, -0.1) is 11.3 Å². The van der Waals surface area contributed by atoms with Crippen molar-refractivity contribution in [3.8, 4) is 0 Å². The summed E-state index contributed by atoms with van der Waals surface area (Å²) in [6, 6.07) is 6.16. The molecule has 2 heterocycles. The first kappa shape index (κ1) is 13.3. The Morgan fingerprint density at radius 1 is 1.44 bits per heavy atom. The minimum Gasteiger partial charge on any atom is -0.446 e. The first-order chi connectivity index (χ1) is 8.53. The monoisotopic (exact) mass is 287 g/mol. The first-order valence-corrected chi connectivity index (χ1v) is 7.64. The average molecular weight is 287 g/mol. The Kier molecular flexibility index (Phi) is 3.86. The molecule has 2 rings (SSSR count). The van der Waals surface area contributed by atoms with Gasteiger partial charge in [0, 0.05) is 4.88 Å². The molecule has 0 aliphatic carbocycles. The van der Waals surface area contributed by atoms with E-state index in [1.165, 1.54) is 23.5 Å². The van der Waals surface area contributed by atoms with Gasteiger partial charge in [0.1, 0.15) is 12.4 Å². The van der Waals surface area contributed by atoms with Crippen molar-refractivity contribution in [1.82, 2.24) is 4.72 Å². The zero-order valence-corrected chi connectivity index (χ0v) is 11.3. The molecule has 2 aromatic heterocycles. The van der Waals surface area contributed by atoms with Gasteiger partial charge in [-0.1, -0.05) is 6.07 Å². The van der Waals surface area contributed by atoms with E-state index in [9.17, 15) is 8.42 Å². The summed E-state index contributed by atoms with van der Waals surface area (Å²) >= 11 is 1.48. The highest BCUT2D eigenvalue weighted by Gasteiger charge is 2.22. The fraction of sp³-hybridized carbons (Fsp3) is 0.273. The Hall–Kier alpha value is -1.15. The highest BCUT2D eigenvalue weighted by molar-refractivity contribution is 7.89. The van der Waals surface area contributed by atoms with Gasteiger partial charge in [-0.3, -0.25) is 0 Å². The number of nitrogens with one attached hydrogen (secondary N) is 1. The molecule has 0 saturated heterocycles. The molecule has 1 atom stereocenters. The number of aliphatic hydroxyl groups is 1. The second kappa shape index (κ2) is 5.23. The molecule has 0 aromatic carbocycles. The Bertz CT molecular complexity index is 601. The van der Waals surface area contributed by atoms with Crippen LogP contribution in [0.15, 0.2) is 39.2 Å². The lowest BCUT2D eigenvalue weighted by Gasteiger charge is -2.10. The fourth-order valence-corrected chi connectivity index (χ4v) is 3.46. The lowest BCUT2D eigenvalue weighted by atomic mass is 10.3. The van der Waals surface area contributed by atoms with E-state index < -0.39 is 10.0 Å². The lowest BCUT2D eigenvalue weighted by molar-refractivity contribution is 0.236. The van der Waals surface area contributed by atoms with Crippen molar-refractivity contribution in [2.75, 3.05) is 0 Å². The minimum atomic E-state index is -3.70. The molecule has 5 nitrogen and oxygen atoms in total.